The minimum Gasteiger partial charge on any atom is -0.480 e. The lowest BCUT2D eigenvalue weighted by molar-refractivity contribution is -0.148. The summed E-state index contributed by atoms with van der Waals surface area (Å²) in [6.45, 7) is 1.02. The second-order valence-corrected chi connectivity index (χ2v) is 5.87. The maximum Gasteiger partial charge on any atom is 0.326 e. The van der Waals surface area contributed by atoms with E-state index < -0.39 is 18.1 Å². The van der Waals surface area contributed by atoms with E-state index in [9.17, 15) is 14.7 Å². The molecule has 2 saturated heterocycles. The zero-order chi connectivity index (χ0) is 13.1. The number of nitrogens with one attached hydrogen (secondary N) is 1. The number of rotatable bonds is 3. The molecule has 2 aliphatic rings. The highest BCUT2D eigenvalue weighted by Crippen LogP contribution is 2.20. The molecule has 0 aromatic rings. The molecule has 0 aromatic heterocycles. The number of hydrogen-bond acceptors (Lipinski definition) is 5. The molecule has 1 amide bonds. The lowest BCUT2D eigenvalue weighted by Crippen LogP contribution is -2.46. The fraction of sp³-hybridized carbons (Fsp3) is 0.818. The highest BCUT2D eigenvalue weighted by Gasteiger charge is 2.39. The van der Waals surface area contributed by atoms with E-state index in [2.05, 4.69) is 5.32 Å². The summed E-state index contributed by atoms with van der Waals surface area (Å²) >= 11 is 1.80. The van der Waals surface area contributed by atoms with Crippen molar-refractivity contribution in [2.75, 3.05) is 24.6 Å². The molecular weight excluding hydrogens is 256 g/mol. The number of amides is 1. The molecule has 6 nitrogen and oxygen atoms in total. The molecule has 3 atom stereocenters. The van der Waals surface area contributed by atoms with Crippen molar-refractivity contribution < 1.29 is 19.8 Å². The Bertz CT molecular complexity index is 333. The zero-order valence-electron chi connectivity index (χ0n) is 10.0. The van der Waals surface area contributed by atoms with Crippen LogP contribution < -0.4 is 5.32 Å². The van der Waals surface area contributed by atoms with Gasteiger partial charge in [0.05, 0.1) is 6.10 Å². The van der Waals surface area contributed by atoms with Gasteiger partial charge in [0, 0.05) is 43.5 Å². The molecule has 3 N–H and O–H groups in total. The Hall–Kier alpha value is -0.790. The molecule has 18 heavy (non-hydrogen) atoms. The van der Waals surface area contributed by atoms with E-state index in [1.165, 1.54) is 4.90 Å². The first-order valence-electron chi connectivity index (χ1n) is 6.09. The molecule has 1 unspecified atom stereocenters. The first kappa shape index (κ1) is 13.6. The van der Waals surface area contributed by atoms with Gasteiger partial charge in [-0.3, -0.25) is 4.79 Å². The molecule has 2 heterocycles. The van der Waals surface area contributed by atoms with Crippen molar-refractivity contribution in [3.05, 3.63) is 0 Å². The Labute approximate surface area is 110 Å². The van der Waals surface area contributed by atoms with Crippen LogP contribution in [0.4, 0.5) is 0 Å². The maximum atomic E-state index is 12.1. The molecule has 0 bridgehead atoms. The molecule has 2 aliphatic heterocycles. The van der Waals surface area contributed by atoms with Gasteiger partial charge in [-0.25, -0.2) is 4.79 Å². The van der Waals surface area contributed by atoms with Gasteiger partial charge in [-0.05, 0) is 0 Å². The normalized spacial score (nSPS) is 32.5. The van der Waals surface area contributed by atoms with Gasteiger partial charge in [0.25, 0.3) is 0 Å². The van der Waals surface area contributed by atoms with Gasteiger partial charge in [-0.2, -0.15) is 11.8 Å². The topological polar surface area (TPSA) is 89.9 Å². The number of carboxylic acid groups (broad SMARTS) is 1. The second-order valence-electron chi connectivity index (χ2n) is 4.72. The predicted octanol–water partition coefficient (Wildman–Crippen LogP) is -0.872. The lowest BCUT2D eigenvalue weighted by atomic mass is 10.1. The number of carbonyl (C=O) groups is 2. The van der Waals surface area contributed by atoms with Gasteiger partial charge in [0.2, 0.25) is 5.91 Å². The van der Waals surface area contributed by atoms with Crippen molar-refractivity contribution in [2.45, 2.75) is 31.0 Å². The van der Waals surface area contributed by atoms with Gasteiger partial charge in [0.15, 0.2) is 0 Å². The Balaban J connectivity index is 1.92. The summed E-state index contributed by atoms with van der Waals surface area (Å²) in [5.74, 6) is 0.704. The number of aliphatic hydroxyl groups excluding tert-OH is 1. The molecule has 2 fully saturated rings. The third kappa shape index (κ3) is 3.15. The summed E-state index contributed by atoms with van der Waals surface area (Å²) in [5.41, 5.74) is 0. The Morgan fingerprint density at radius 3 is 2.83 bits per heavy atom. The summed E-state index contributed by atoms with van der Waals surface area (Å²) in [6.07, 6.45) is -0.277. The SMILES string of the molecule is O=C(O)[C@H]1C[C@@H](O)CN1C(=O)CC1CSCCN1. The van der Waals surface area contributed by atoms with Crippen LogP contribution in [0.2, 0.25) is 0 Å². The second kappa shape index (κ2) is 5.90. The Kier molecular flexibility index (Phi) is 4.47. The van der Waals surface area contributed by atoms with Gasteiger partial charge in [-0.15, -0.1) is 0 Å². The fourth-order valence-electron chi connectivity index (χ4n) is 2.40. The number of hydrogen-bond donors (Lipinski definition) is 3. The molecule has 102 valence electrons. The first-order valence-corrected chi connectivity index (χ1v) is 7.25. The largest absolute Gasteiger partial charge is 0.480 e. The smallest absolute Gasteiger partial charge is 0.326 e. The molecule has 2 rings (SSSR count). The summed E-state index contributed by atoms with van der Waals surface area (Å²) in [7, 11) is 0. The Morgan fingerprint density at radius 2 is 2.22 bits per heavy atom. The molecule has 0 aromatic carbocycles. The van der Waals surface area contributed by atoms with Crippen LogP contribution in [0.5, 0.6) is 0 Å². The van der Waals surface area contributed by atoms with Crippen LogP contribution in [0.3, 0.4) is 0 Å². The van der Waals surface area contributed by atoms with Crippen molar-refractivity contribution in [3.8, 4) is 0 Å². The predicted molar refractivity (Wildman–Crippen MR) is 67.5 cm³/mol. The minimum atomic E-state index is -1.04. The van der Waals surface area contributed by atoms with E-state index in [1.807, 2.05) is 0 Å². The van der Waals surface area contributed by atoms with Crippen LogP contribution in [-0.4, -0.2) is 69.8 Å². The van der Waals surface area contributed by atoms with Crippen LogP contribution >= 0.6 is 11.8 Å². The van der Waals surface area contributed by atoms with Crippen LogP contribution in [0, 0.1) is 0 Å². The number of likely N-dealkylation sites (tertiary alicyclic amines) is 1. The van der Waals surface area contributed by atoms with Gasteiger partial charge >= 0.3 is 5.97 Å². The monoisotopic (exact) mass is 274 g/mol. The number of carboxylic acids is 1. The zero-order valence-corrected chi connectivity index (χ0v) is 10.9. The lowest BCUT2D eigenvalue weighted by Gasteiger charge is -2.26. The number of thioether (sulfide) groups is 1. The highest BCUT2D eigenvalue weighted by atomic mass is 32.2. The van der Waals surface area contributed by atoms with Gasteiger partial charge < -0.3 is 20.4 Å². The van der Waals surface area contributed by atoms with Crippen molar-refractivity contribution in [1.29, 1.82) is 0 Å². The van der Waals surface area contributed by atoms with E-state index >= 15 is 0 Å². The maximum absolute atomic E-state index is 12.1. The number of carbonyl (C=O) groups excluding carboxylic acids is 1. The average Bonchev–Trinajstić information content (AvgIpc) is 2.73. The summed E-state index contributed by atoms with van der Waals surface area (Å²) in [6, 6.07) is -0.757. The molecule has 7 heteroatoms. The highest BCUT2D eigenvalue weighted by molar-refractivity contribution is 7.99. The van der Waals surface area contributed by atoms with E-state index in [0.29, 0.717) is 6.42 Å². The summed E-state index contributed by atoms with van der Waals surface area (Å²) in [4.78, 5) is 24.4. The van der Waals surface area contributed by atoms with Crippen LogP contribution in [0.15, 0.2) is 0 Å². The van der Waals surface area contributed by atoms with Crippen LogP contribution in [0.1, 0.15) is 12.8 Å². The minimum absolute atomic E-state index is 0.114. The van der Waals surface area contributed by atoms with Crippen LogP contribution in [0.25, 0.3) is 0 Å². The average molecular weight is 274 g/mol. The number of aliphatic carboxylic acids is 1. The molecule has 0 spiro atoms. The van der Waals surface area contributed by atoms with E-state index in [0.717, 1.165) is 18.1 Å². The van der Waals surface area contributed by atoms with Gasteiger partial charge in [0.1, 0.15) is 6.04 Å². The van der Waals surface area contributed by atoms with E-state index in [4.69, 9.17) is 5.11 Å². The summed E-state index contributed by atoms with van der Waals surface area (Å²) < 4.78 is 0. The van der Waals surface area contributed by atoms with Crippen molar-refractivity contribution >= 4 is 23.6 Å². The third-order valence-electron chi connectivity index (χ3n) is 3.30. The number of aliphatic hydroxyl groups is 1. The standard InChI is InChI=1S/C11H18N2O4S/c14-8-4-9(11(16)17)13(5-8)10(15)3-7-6-18-2-1-12-7/h7-9,12,14H,1-6H2,(H,16,17)/t7?,8-,9-/m1/s1. The number of nitrogens with zero attached hydrogens (tertiary/aromatic N) is 1. The fourth-order valence-corrected chi connectivity index (χ4v) is 3.35. The van der Waals surface area contributed by atoms with Crippen molar-refractivity contribution in [2.24, 2.45) is 0 Å². The van der Waals surface area contributed by atoms with E-state index in [-0.39, 0.29) is 24.9 Å². The molecule has 0 saturated carbocycles. The van der Waals surface area contributed by atoms with Crippen molar-refractivity contribution in [3.63, 3.8) is 0 Å². The number of β-amino-alcohol motifs (C(OH)–C–C–N with tert-alkyl or cyclic N) is 1. The molecule has 0 aliphatic carbocycles. The van der Waals surface area contributed by atoms with Gasteiger partial charge in [-0.1, -0.05) is 0 Å². The molecule has 0 radical (unpaired) electrons. The van der Waals surface area contributed by atoms with E-state index in [1.54, 1.807) is 11.8 Å². The Morgan fingerprint density at radius 1 is 1.44 bits per heavy atom. The van der Waals surface area contributed by atoms with Crippen LogP contribution in [-0.2, 0) is 9.59 Å². The van der Waals surface area contributed by atoms with Crippen molar-refractivity contribution in [1.82, 2.24) is 10.2 Å². The summed E-state index contributed by atoms with van der Waals surface area (Å²) in [5, 5.41) is 21.8. The quantitative estimate of drug-likeness (QED) is 0.620. The first-order chi connectivity index (χ1) is 8.58. The molecular formula is C11H18N2O4S. The third-order valence-corrected chi connectivity index (χ3v) is 4.43.